The number of halogens is 1. The lowest BCUT2D eigenvalue weighted by Gasteiger charge is -2.17. The van der Waals surface area contributed by atoms with Gasteiger partial charge in [-0.25, -0.2) is 4.98 Å². The predicted octanol–water partition coefficient (Wildman–Crippen LogP) is 3.34. The van der Waals surface area contributed by atoms with Crippen LogP contribution < -0.4 is 10.2 Å². The number of pyridine rings is 1. The standard InChI is InChI=1S/C18H18ClN3O2/c1-11-5-6-20-16(7-11)21-18(24)13-8-17(23)22(10-13)14-4-3-12(2)15(19)9-14/h3-7,9,13H,8,10H2,1-2H3,(H,20,21,24)/t13-/m0/s1. The van der Waals surface area contributed by atoms with Gasteiger partial charge in [0.2, 0.25) is 11.8 Å². The molecular weight excluding hydrogens is 326 g/mol. The zero-order valence-electron chi connectivity index (χ0n) is 13.5. The summed E-state index contributed by atoms with van der Waals surface area (Å²) in [7, 11) is 0. The highest BCUT2D eigenvalue weighted by atomic mass is 35.5. The van der Waals surface area contributed by atoms with Crippen molar-refractivity contribution in [2.24, 2.45) is 5.92 Å². The first-order chi connectivity index (χ1) is 11.4. The maximum atomic E-state index is 12.4. The van der Waals surface area contributed by atoms with Crippen molar-refractivity contribution in [1.29, 1.82) is 0 Å². The minimum absolute atomic E-state index is 0.0766. The molecule has 2 aromatic rings. The lowest BCUT2D eigenvalue weighted by Crippen LogP contribution is -2.28. The molecule has 0 spiro atoms. The van der Waals surface area contributed by atoms with E-state index in [2.05, 4.69) is 10.3 Å². The third-order valence-corrected chi connectivity index (χ3v) is 4.54. The Morgan fingerprint density at radius 1 is 1.29 bits per heavy atom. The summed E-state index contributed by atoms with van der Waals surface area (Å²) < 4.78 is 0. The molecule has 1 atom stereocenters. The monoisotopic (exact) mass is 343 g/mol. The van der Waals surface area contributed by atoms with Gasteiger partial charge in [-0.3, -0.25) is 9.59 Å². The van der Waals surface area contributed by atoms with Crippen molar-refractivity contribution in [3.05, 3.63) is 52.7 Å². The van der Waals surface area contributed by atoms with Gasteiger partial charge in [-0.05, 0) is 49.2 Å². The summed E-state index contributed by atoms with van der Waals surface area (Å²) >= 11 is 6.14. The van der Waals surface area contributed by atoms with Gasteiger partial charge in [0.25, 0.3) is 0 Å². The number of rotatable bonds is 3. The van der Waals surface area contributed by atoms with Gasteiger partial charge in [0, 0.05) is 29.9 Å². The number of nitrogens with one attached hydrogen (secondary N) is 1. The average molecular weight is 344 g/mol. The topological polar surface area (TPSA) is 62.3 Å². The smallest absolute Gasteiger partial charge is 0.230 e. The Hall–Kier alpha value is -2.40. The number of hydrogen-bond acceptors (Lipinski definition) is 3. The predicted molar refractivity (Wildman–Crippen MR) is 94.3 cm³/mol. The van der Waals surface area contributed by atoms with Crippen molar-refractivity contribution in [3.8, 4) is 0 Å². The maximum Gasteiger partial charge on any atom is 0.230 e. The van der Waals surface area contributed by atoms with Gasteiger partial charge in [-0.15, -0.1) is 0 Å². The second kappa shape index (κ2) is 6.61. The van der Waals surface area contributed by atoms with E-state index in [9.17, 15) is 9.59 Å². The first kappa shape index (κ1) is 16.5. The van der Waals surface area contributed by atoms with E-state index in [1.807, 2.05) is 32.0 Å². The second-order valence-electron chi connectivity index (χ2n) is 6.05. The van der Waals surface area contributed by atoms with Crippen LogP contribution in [-0.4, -0.2) is 23.3 Å². The lowest BCUT2D eigenvalue weighted by atomic mass is 10.1. The van der Waals surface area contributed by atoms with Crippen LogP contribution in [0.1, 0.15) is 17.5 Å². The molecule has 0 radical (unpaired) electrons. The van der Waals surface area contributed by atoms with Crippen molar-refractivity contribution >= 4 is 34.9 Å². The summed E-state index contributed by atoms with van der Waals surface area (Å²) in [6.07, 6.45) is 1.83. The van der Waals surface area contributed by atoms with Gasteiger partial charge < -0.3 is 10.2 Å². The van der Waals surface area contributed by atoms with E-state index in [1.165, 1.54) is 0 Å². The van der Waals surface area contributed by atoms with Crippen LogP contribution in [0.3, 0.4) is 0 Å². The fourth-order valence-corrected chi connectivity index (χ4v) is 2.89. The lowest BCUT2D eigenvalue weighted by molar-refractivity contribution is -0.122. The zero-order valence-corrected chi connectivity index (χ0v) is 14.3. The Morgan fingerprint density at radius 3 is 2.79 bits per heavy atom. The van der Waals surface area contributed by atoms with Crippen molar-refractivity contribution in [2.75, 3.05) is 16.8 Å². The summed E-state index contributed by atoms with van der Waals surface area (Å²) in [5, 5.41) is 3.39. The molecule has 2 amide bonds. The number of amides is 2. The molecule has 124 valence electrons. The first-order valence-corrected chi connectivity index (χ1v) is 8.12. The SMILES string of the molecule is Cc1ccnc(NC(=O)[C@H]2CC(=O)N(c3ccc(C)c(Cl)c3)C2)c1. The van der Waals surface area contributed by atoms with Crippen molar-refractivity contribution in [3.63, 3.8) is 0 Å². The Balaban J connectivity index is 1.72. The molecule has 0 saturated carbocycles. The number of nitrogens with zero attached hydrogens (tertiary/aromatic N) is 2. The number of benzene rings is 1. The molecule has 1 N–H and O–H groups in total. The summed E-state index contributed by atoms with van der Waals surface area (Å²) in [4.78, 5) is 30.4. The number of carbonyl (C=O) groups excluding carboxylic acids is 2. The highest BCUT2D eigenvalue weighted by Crippen LogP contribution is 2.29. The highest BCUT2D eigenvalue weighted by molar-refractivity contribution is 6.31. The van der Waals surface area contributed by atoms with Crippen LogP contribution >= 0.6 is 11.6 Å². The van der Waals surface area contributed by atoms with Crippen LogP contribution in [0.25, 0.3) is 0 Å². The number of aromatic nitrogens is 1. The van der Waals surface area contributed by atoms with Crippen LogP contribution in [0.5, 0.6) is 0 Å². The maximum absolute atomic E-state index is 12.4. The molecule has 0 bridgehead atoms. The quantitative estimate of drug-likeness (QED) is 0.929. The first-order valence-electron chi connectivity index (χ1n) is 7.74. The molecule has 0 unspecified atom stereocenters. The fourth-order valence-electron chi connectivity index (χ4n) is 2.72. The minimum atomic E-state index is -0.403. The molecular formula is C18H18ClN3O2. The van der Waals surface area contributed by atoms with E-state index in [0.717, 1.165) is 16.8 Å². The van der Waals surface area contributed by atoms with Gasteiger partial charge in [0.15, 0.2) is 0 Å². The third kappa shape index (κ3) is 3.41. The van der Waals surface area contributed by atoms with Gasteiger partial charge >= 0.3 is 0 Å². The normalized spacial score (nSPS) is 17.2. The molecule has 0 aliphatic carbocycles. The van der Waals surface area contributed by atoms with Crippen LogP contribution in [-0.2, 0) is 9.59 Å². The fraction of sp³-hybridized carbons (Fsp3) is 0.278. The Bertz CT molecular complexity index is 807. The summed E-state index contributed by atoms with van der Waals surface area (Å²) in [5.41, 5.74) is 2.69. The van der Waals surface area contributed by atoms with Gasteiger partial charge in [-0.2, -0.15) is 0 Å². The average Bonchev–Trinajstić information content (AvgIpc) is 2.92. The van der Waals surface area contributed by atoms with E-state index >= 15 is 0 Å². The molecule has 1 fully saturated rings. The van der Waals surface area contributed by atoms with E-state index in [1.54, 1.807) is 23.2 Å². The third-order valence-electron chi connectivity index (χ3n) is 4.13. The van der Waals surface area contributed by atoms with Crippen molar-refractivity contribution < 1.29 is 9.59 Å². The zero-order chi connectivity index (χ0) is 17.3. The van der Waals surface area contributed by atoms with E-state index in [0.29, 0.717) is 17.4 Å². The Labute approximate surface area is 145 Å². The minimum Gasteiger partial charge on any atom is -0.312 e. The molecule has 1 aliphatic rings. The number of aryl methyl sites for hydroxylation is 2. The summed E-state index contributed by atoms with van der Waals surface area (Å²) in [6, 6.07) is 9.14. The summed E-state index contributed by atoms with van der Waals surface area (Å²) in [6.45, 7) is 4.18. The molecule has 1 saturated heterocycles. The van der Waals surface area contributed by atoms with Crippen LogP contribution in [0.4, 0.5) is 11.5 Å². The number of hydrogen-bond donors (Lipinski definition) is 1. The van der Waals surface area contributed by atoms with Gasteiger partial charge in [0.1, 0.15) is 5.82 Å². The highest BCUT2D eigenvalue weighted by Gasteiger charge is 2.35. The molecule has 1 aromatic carbocycles. The van der Waals surface area contributed by atoms with Gasteiger partial charge in [-0.1, -0.05) is 17.7 Å². The number of anilines is 2. The largest absolute Gasteiger partial charge is 0.312 e. The molecule has 1 aromatic heterocycles. The molecule has 5 nitrogen and oxygen atoms in total. The van der Waals surface area contributed by atoms with Crippen molar-refractivity contribution in [2.45, 2.75) is 20.3 Å². The van der Waals surface area contributed by atoms with Crippen LogP contribution in [0.15, 0.2) is 36.5 Å². The van der Waals surface area contributed by atoms with E-state index < -0.39 is 5.92 Å². The van der Waals surface area contributed by atoms with Crippen LogP contribution in [0.2, 0.25) is 5.02 Å². The van der Waals surface area contributed by atoms with Crippen molar-refractivity contribution in [1.82, 2.24) is 4.98 Å². The molecule has 24 heavy (non-hydrogen) atoms. The van der Waals surface area contributed by atoms with E-state index in [4.69, 9.17) is 11.6 Å². The van der Waals surface area contributed by atoms with E-state index in [-0.39, 0.29) is 18.2 Å². The Kier molecular flexibility index (Phi) is 4.53. The Morgan fingerprint density at radius 2 is 2.08 bits per heavy atom. The second-order valence-corrected chi connectivity index (χ2v) is 6.45. The molecule has 6 heteroatoms. The number of carbonyl (C=O) groups is 2. The molecule has 1 aliphatic heterocycles. The summed E-state index contributed by atoms with van der Waals surface area (Å²) in [5.74, 6) is -0.168. The molecule has 2 heterocycles. The van der Waals surface area contributed by atoms with Crippen LogP contribution in [0, 0.1) is 19.8 Å². The van der Waals surface area contributed by atoms with Gasteiger partial charge in [0.05, 0.1) is 5.92 Å². The molecule has 3 rings (SSSR count).